The third-order valence-electron chi connectivity index (χ3n) is 4.40. The molecule has 0 aliphatic heterocycles. The van der Waals surface area contributed by atoms with Crippen molar-refractivity contribution in [2.24, 2.45) is 0 Å². The van der Waals surface area contributed by atoms with Gasteiger partial charge in [0.05, 0.1) is 28.8 Å². The Kier molecular flexibility index (Phi) is 6.80. The van der Waals surface area contributed by atoms with E-state index >= 15 is 0 Å². The van der Waals surface area contributed by atoms with Crippen LogP contribution < -0.4 is 14.9 Å². The normalized spacial score (nSPS) is 12.1. The standard InChI is InChI=1S/C20H25N3O4S/c1-5-14(2)21-19(24)15-10-6-8-12-17(15)22-20(25)16-11-7-9-13-18(16)23(3)28(4,26)27/h6-14H,5H2,1-4H3,(H,21,24)(H,22,25)/t14-/m0/s1. The predicted octanol–water partition coefficient (Wildman–Crippen LogP) is 2.86. The molecule has 0 saturated carbocycles. The highest BCUT2D eigenvalue weighted by molar-refractivity contribution is 7.92. The summed E-state index contributed by atoms with van der Waals surface area (Å²) < 4.78 is 24.8. The van der Waals surface area contributed by atoms with Crippen LogP contribution >= 0.6 is 0 Å². The van der Waals surface area contributed by atoms with Gasteiger partial charge < -0.3 is 10.6 Å². The van der Waals surface area contributed by atoms with Crippen LogP contribution in [-0.2, 0) is 10.0 Å². The highest BCUT2D eigenvalue weighted by Gasteiger charge is 2.21. The summed E-state index contributed by atoms with van der Waals surface area (Å²) in [6, 6.07) is 13.1. The van der Waals surface area contributed by atoms with Crippen LogP contribution in [0.4, 0.5) is 11.4 Å². The quantitative estimate of drug-likeness (QED) is 0.743. The second-order valence-electron chi connectivity index (χ2n) is 6.53. The van der Waals surface area contributed by atoms with Crippen molar-refractivity contribution >= 4 is 33.2 Å². The molecule has 0 aliphatic carbocycles. The predicted molar refractivity (Wildman–Crippen MR) is 111 cm³/mol. The number of carbonyl (C=O) groups is 2. The van der Waals surface area contributed by atoms with E-state index in [0.29, 0.717) is 11.3 Å². The maximum atomic E-state index is 12.9. The zero-order chi connectivity index (χ0) is 20.9. The maximum Gasteiger partial charge on any atom is 0.257 e. The van der Waals surface area contributed by atoms with E-state index in [1.165, 1.54) is 13.1 Å². The molecule has 0 bridgehead atoms. The molecule has 0 spiro atoms. The minimum Gasteiger partial charge on any atom is -0.350 e. The largest absolute Gasteiger partial charge is 0.350 e. The maximum absolute atomic E-state index is 12.9. The van der Waals surface area contributed by atoms with Crippen LogP contribution in [0.3, 0.4) is 0 Å². The minimum absolute atomic E-state index is 0.000365. The molecule has 150 valence electrons. The molecule has 0 unspecified atom stereocenters. The number of amides is 2. The van der Waals surface area contributed by atoms with E-state index in [9.17, 15) is 18.0 Å². The topological polar surface area (TPSA) is 95.6 Å². The van der Waals surface area contributed by atoms with Crippen molar-refractivity contribution in [2.75, 3.05) is 22.9 Å². The fraction of sp³-hybridized carbons (Fsp3) is 0.300. The summed E-state index contributed by atoms with van der Waals surface area (Å²) in [5.41, 5.74) is 1.13. The van der Waals surface area contributed by atoms with E-state index in [2.05, 4.69) is 10.6 Å². The lowest BCUT2D eigenvalue weighted by atomic mass is 10.1. The summed E-state index contributed by atoms with van der Waals surface area (Å²) in [4.78, 5) is 25.4. The molecule has 2 aromatic rings. The van der Waals surface area contributed by atoms with E-state index in [-0.39, 0.29) is 23.2 Å². The number of hydrogen-bond donors (Lipinski definition) is 2. The number of nitrogens with zero attached hydrogens (tertiary/aromatic N) is 1. The van der Waals surface area contributed by atoms with Crippen LogP contribution in [0.15, 0.2) is 48.5 Å². The summed E-state index contributed by atoms with van der Waals surface area (Å²) >= 11 is 0. The van der Waals surface area contributed by atoms with Crippen molar-refractivity contribution < 1.29 is 18.0 Å². The number of carbonyl (C=O) groups excluding carboxylic acids is 2. The van der Waals surface area contributed by atoms with E-state index in [0.717, 1.165) is 17.0 Å². The van der Waals surface area contributed by atoms with E-state index < -0.39 is 15.9 Å². The van der Waals surface area contributed by atoms with E-state index in [1.54, 1.807) is 42.5 Å². The molecular formula is C20H25N3O4S. The van der Waals surface area contributed by atoms with Gasteiger partial charge in [-0.15, -0.1) is 0 Å². The van der Waals surface area contributed by atoms with Gasteiger partial charge in [-0.25, -0.2) is 8.42 Å². The van der Waals surface area contributed by atoms with E-state index in [4.69, 9.17) is 0 Å². The number of benzene rings is 2. The molecule has 0 aliphatic rings. The Morgan fingerprint density at radius 2 is 1.57 bits per heavy atom. The van der Waals surface area contributed by atoms with Crippen molar-refractivity contribution in [2.45, 2.75) is 26.3 Å². The molecule has 2 N–H and O–H groups in total. The monoisotopic (exact) mass is 403 g/mol. The number of nitrogens with one attached hydrogen (secondary N) is 2. The van der Waals surface area contributed by atoms with Crippen LogP contribution in [0.5, 0.6) is 0 Å². The zero-order valence-corrected chi connectivity index (χ0v) is 17.2. The fourth-order valence-electron chi connectivity index (χ4n) is 2.50. The fourth-order valence-corrected chi connectivity index (χ4v) is 3.02. The van der Waals surface area contributed by atoms with Gasteiger partial charge in [0.15, 0.2) is 0 Å². The van der Waals surface area contributed by atoms with Crippen molar-refractivity contribution in [3.05, 3.63) is 59.7 Å². The molecule has 2 aromatic carbocycles. The molecule has 0 fully saturated rings. The summed E-state index contributed by atoms with van der Waals surface area (Å²) in [5, 5.41) is 5.60. The number of sulfonamides is 1. The summed E-state index contributed by atoms with van der Waals surface area (Å²) in [5.74, 6) is -0.790. The van der Waals surface area contributed by atoms with Gasteiger partial charge in [0.2, 0.25) is 10.0 Å². The Labute approximate surface area is 165 Å². The zero-order valence-electron chi connectivity index (χ0n) is 16.4. The molecule has 2 rings (SSSR count). The average Bonchev–Trinajstić information content (AvgIpc) is 2.66. The van der Waals surface area contributed by atoms with Crippen molar-refractivity contribution in [1.29, 1.82) is 0 Å². The Balaban J connectivity index is 2.34. The molecule has 0 heterocycles. The van der Waals surface area contributed by atoms with Gasteiger partial charge in [-0.05, 0) is 37.6 Å². The molecule has 0 saturated heterocycles. The Bertz CT molecular complexity index is 973. The van der Waals surface area contributed by atoms with Crippen LogP contribution in [0, 0.1) is 0 Å². The van der Waals surface area contributed by atoms with Gasteiger partial charge in [0, 0.05) is 13.1 Å². The second-order valence-corrected chi connectivity index (χ2v) is 8.54. The van der Waals surface area contributed by atoms with Crippen LogP contribution in [0.2, 0.25) is 0 Å². The molecule has 1 atom stereocenters. The van der Waals surface area contributed by atoms with Gasteiger partial charge in [0.1, 0.15) is 0 Å². The van der Waals surface area contributed by atoms with Crippen molar-refractivity contribution in [3.8, 4) is 0 Å². The third kappa shape index (κ3) is 5.10. The molecule has 8 heteroatoms. The summed E-state index contributed by atoms with van der Waals surface area (Å²) in [6.07, 6.45) is 1.85. The lowest BCUT2D eigenvalue weighted by Crippen LogP contribution is -2.32. The molecule has 0 radical (unpaired) electrons. The van der Waals surface area contributed by atoms with Gasteiger partial charge >= 0.3 is 0 Å². The second kappa shape index (κ2) is 8.88. The first-order valence-electron chi connectivity index (χ1n) is 8.89. The Hall–Kier alpha value is -2.87. The Morgan fingerprint density at radius 3 is 2.18 bits per heavy atom. The number of para-hydroxylation sites is 2. The lowest BCUT2D eigenvalue weighted by Gasteiger charge is -2.20. The molecular weight excluding hydrogens is 378 g/mol. The molecule has 28 heavy (non-hydrogen) atoms. The molecule has 7 nitrogen and oxygen atoms in total. The van der Waals surface area contributed by atoms with Crippen molar-refractivity contribution in [3.63, 3.8) is 0 Å². The van der Waals surface area contributed by atoms with Gasteiger partial charge in [-0.3, -0.25) is 13.9 Å². The van der Waals surface area contributed by atoms with Gasteiger partial charge in [-0.2, -0.15) is 0 Å². The summed E-state index contributed by atoms with van der Waals surface area (Å²) in [7, 11) is -2.15. The van der Waals surface area contributed by atoms with Gasteiger partial charge in [-0.1, -0.05) is 31.2 Å². The minimum atomic E-state index is -3.53. The van der Waals surface area contributed by atoms with Crippen LogP contribution in [0.25, 0.3) is 0 Å². The summed E-state index contributed by atoms with van der Waals surface area (Å²) in [6.45, 7) is 3.87. The first kappa shape index (κ1) is 21.4. The SMILES string of the molecule is CC[C@H](C)NC(=O)c1ccccc1NC(=O)c1ccccc1N(C)S(C)(=O)=O. The number of rotatable bonds is 7. The van der Waals surface area contributed by atoms with E-state index in [1.807, 2.05) is 13.8 Å². The first-order valence-corrected chi connectivity index (χ1v) is 10.7. The third-order valence-corrected chi connectivity index (χ3v) is 5.59. The van der Waals surface area contributed by atoms with Crippen LogP contribution in [0.1, 0.15) is 41.0 Å². The van der Waals surface area contributed by atoms with Crippen molar-refractivity contribution in [1.82, 2.24) is 5.32 Å². The lowest BCUT2D eigenvalue weighted by molar-refractivity contribution is 0.0940. The highest BCUT2D eigenvalue weighted by Crippen LogP contribution is 2.23. The smallest absolute Gasteiger partial charge is 0.257 e. The molecule has 0 aromatic heterocycles. The molecule has 2 amide bonds. The van der Waals surface area contributed by atoms with Crippen LogP contribution in [-0.4, -0.2) is 39.6 Å². The Morgan fingerprint density at radius 1 is 1.00 bits per heavy atom. The highest BCUT2D eigenvalue weighted by atomic mass is 32.2. The average molecular weight is 404 g/mol. The first-order chi connectivity index (χ1) is 13.1. The number of hydrogen-bond acceptors (Lipinski definition) is 4. The number of anilines is 2. The van der Waals surface area contributed by atoms with Gasteiger partial charge in [0.25, 0.3) is 11.8 Å².